The number of rotatable bonds is 7. The minimum Gasteiger partial charge on any atom is -0.303 e. The van der Waals surface area contributed by atoms with E-state index >= 15 is 0 Å². The maximum absolute atomic E-state index is 11.0. The fourth-order valence-corrected chi connectivity index (χ4v) is 2.99. The molecule has 4 heteroatoms. The van der Waals surface area contributed by atoms with Crippen LogP contribution in [-0.4, -0.2) is 40.1 Å². The third-order valence-electron chi connectivity index (χ3n) is 4.48. The Balaban J connectivity index is 1.69. The highest BCUT2D eigenvalue weighted by atomic mass is 16.1. The molecule has 0 aliphatic carbocycles. The summed E-state index contributed by atoms with van der Waals surface area (Å²) in [5, 5.41) is 4.49. The molecular weight excluding hydrogens is 262 g/mol. The van der Waals surface area contributed by atoms with Crippen LogP contribution < -0.4 is 0 Å². The fraction of sp³-hybridized carbons (Fsp3) is 0.765. The van der Waals surface area contributed by atoms with Crippen LogP contribution in [0.1, 0.15) is 57.9 Å². The van der Waals surface area contributed by atoms with Gasteiger partial charge in [0.1, 0.15) is 5.78 Å². The van der Waals surface area contributed by atoms with Crippen molar-refractivity contribution in [2.75, 3.05) is 19.6 Å². The highest BCUT2D eigenvalue weighted by Gasteiger charge is 2.19. The van der Waals surface area contributed by atoms with Crippen LogP contribution in [0.4, 0.5) is 0 Å². The fourth-order valence-electron chi connectivity index (χ4n) is 2.99. The maximum atomic E-state index is 11.0. The number of nitrogens with zero attached hydrogens (tertiary/aromatic N) is 3. The van der Waals surface area contributed by atoms with Gasteiger partial charge in [-0.25, -0.2) is 0 Å². The lowest BCUT2D eigenvalue weighted by atomic mass is 9.96. The first-order valence-corrected chi connectivity index (χ1v) is 8.28. The molecule has 0 radical (unpaired) electrons. The van der Waals surface area contributed by atoms with Crippen molar-refractivity contribution in [3.63, 3.8) is 0 Å². The van der Waals surface area contributed by atoms with Gasteiger partial charge in [0, 0.05) is 19.2 Å². The van der Waals surface area contributed by atoms with Crippen molar-refractivity contribution in [2.45, 2.75) is 58.9 Å². The summed E-state index contributed by atoms with van der Waals surface area (Å²) in [4.78, 5) is 13.5. The molecule has 2 heterocycles. The van der Waals surface area contributed by atoms with E-state index in [2.05, 4.69) is 34.7 Å². The Bertz CT molecular complexity index is 445. The molecule has 4 nitrogen and oxygen atoms in total. The zero-order valence-electron chi connectivity index (χ0n) is 13.7. The minimum atomic E-state index is 0.310. The van der Waals surface area contributed by atoms with Crippen LogP contribution in [0.3, 0.4) is 0 Å². The summed E-state index contributed by atoms with van der Waals surface area (Å²) in [6.45, 7) is 10.6. The van der Waals surface area contributed by atoms with Crippen molar-refractivity contribution in [3.8, 4) is 0 Å². The van der Waals surface area contributed by atoms with E-state index < -0.39 is 0 Å². The number of carbonyl (C=O) groups is 1. The Morgan fingerprint density at radius 2 is 2.10 bits per heavy atom. The predicted octanol–water partition coefficient (Wildman–Crippen LogP) is 3.09. The first-order chi connectivity index (χ1) is 10.0. The van der Waals surface area contributed by atoms with Crippen molar-refractivity contribution in [3.05, 3.63) is 18.0 Å². The van der Waals surface area contributed by atoms with Gasteiger partial charge in [0.2, 0.25) is 0 Å². The van der Waals surface area contributed by atoms with Gasteiger partial charge in [-0.3, -0.25) is 4.68 Å². The lowest BCUT2D eigenvalue weighted by molar-refractivity contribution is -0.117. The highest BCUT2D eigenvalue weighted by Crippen LogP contribution is 2.20. The molecule has 0 aromatic carbocycles. The van der Waals surface area contributed by atoms with Crippen LogP contribution in [0, 0.1) is 5.92 Å². The molecule has 1 aliphatic heterocycles. The molecule has 1 aromatic heterocycles. The van der Waals surface area contributed by atoms with Crippen molar-refractivity contribution in [1.82, 2.24) is 14.7 Å². The van der Waals surface area contributed by atoms with Crippen molar-refractivity contribution >= 4 is 5.78 Å². The van der Waals surface area contributed by atoms with Gasteiger partial charge in [0.25, 0.3) is 0 Å². The van der Waals surface area contributed by atoms with Gasteiger partial charge in [-0.2, -0.15) is 5.10 Å². The Kier molecular flexibility index (Phi) is 5.97. The summed E-state index contributed by atoms with van der Waals surface area (Å²) in [6.07, 6.45) is 8.43. The Morgan fingerprint density at radius 3 is 2.67 bits per heavy atom. The number of hydrogen-bond donors (Lipinski definition) is 0. The second-order valence-electron chi connectivity index (χ2n) is 6.74. The zero-order chi connectivity index (χ0) is 15.2. The SMILES string of the molecule is CC(=O)CCCN1CCC(Cn2cc(C(C)C)cn2)CC1. The second-order valence-corrected chi connectivity index (χ2v) is 6.74. The molecule has 0 amide bonds. The molecule has 1 aliphatic rings. The first kappa shape index (κ1) is 16.2. The average molecular weight is 291 g/mol. The van der Waals surface area contributed by atoms with Gasteiger partial charge in [0.05, 0.1) is 6.20 Å². The molecule has 0 spiro atoms. The largest absolute Gasteiger partial charge is 0.303 e. The smallest absolute Gasteiger partial charge is 0.129 e. The Hall–Kier alpha value is -1.16. The predicted molar refractivity (Wildman–Crippen MR) is 85.4 cm³/mol. The van der Waals surface area contributed by atoms with Crippen LogP contribution in [-0.2, 0) is 11.3 Å². The van der Waals surface area contributed by atoms with E-state index in [0.29, 0.717) is 11.7 Å². The topological polar surface area (TPSA) is 38.1 Å². The van der Waals surface area contributed by atoms with E-state index in [1.807, 2.05) is 6.20 Å². The molecule has 2 rings (SSSR count). The Labute approximate surface area is 128 Å². The molecule has 0 unspecified atom stereocenters. The summed E-state index contributed by atoms with van der Waals surface area (Å²) < 4.78 is 2.12. The number of ketones is 1. The third-order valence-corrected chi connectivity index (χ3v) is 4.48. The highest BCUT2D eigenvalue weighted by molar-refractivity contribution is 5.75. The minimum absolute atomic E-state index is 0.310. The normalized spacial score (nSPS) is 17.5. The van der Waals surface area contributed by atoms with E-state index in [-0.39, 0.29) is 0 Å². The molecule has 1 aromatic rings. The van der Waals surface area contributed by atoms with Crippen LogP contribution in [0.25, 0.3) is 0 Å². The number of aromatic nitrogens is 2. The van der Waals surface area contributed by atoms with Gasteiger partial charge in [-0.15, -0.1) is 0 Å². The summed E-state index contributed by atoms with van der Waals surface area (Å²) in [5.74, 6) is 1.61. The second kappa shape index (κ2) is 7.74. The molecule has 0 saturated carbocycles. The monoisotopic (exact) mass is 291 g/mol. The van der Waals surface area contributed by atoms with Crippen molar-refractivity contribution in [1.29, 1.82) is 0 Å². The lowest BCUT2D eigenvalue weighted by Crippen LogP contribution is -2.35. The number of Topliss-reactive ketones (excluding diaryl/α,β-unsaturated/α-hetero) is 1. The zero-order valence-corrected chi connectivity index (χ0v) is 13.7. The van der Waals surface area contributed by atoms with Gasteiger partial charge in [0.15, 0.2) is 0 Å². The standard InChI is InChI=1S/C17H29N3O/c1-14(2)17-11-18-20(13-17)12-16-6-9-19(10-7-16)8-4-5-15(3)21/h11,13-14,16H,4-10,12H2,1-3H3. The molecule has 1 fully saturated rings. The molecule has 118 valence electrons. The van der Waals surface area contributed by atoms with Crippen molar-refractivity contribution in [2.24, 2.45) is 5.92 Å². The molecule has 0 atom stereocenters. The quantitative estimate of drug-likeness (QED) is 0.775. The van der Waals surface area contributed by atoms with Crippen LogP contribution in [0.5, 0.6) is 0 Å². The maximum Gasteiger partial charge on any atom is 0.129 e. The van der Waals surface area contributed by atoms with E-state index in [9.17, 15) is 4.79 Å². The van der Waals surface area contributed by atoms with E-state index in [1.165, 1.54) is 31.5 Å². The number of likely N-dealkylation sites (tertiary alicyclic amines) is 1. The van der Waals surface area contributed by atoms with Crippen LogP contribution in [0.2, 0.25) is 0 Å². The molecular formula is C17H29N3O. The summed E-state index contributed by atoms with van der Waals surface area (Å²) in [6, 6.07) is 0. The summed E-state index contributed by atoms with van der Waals surface area (Å²) in [7, 11) is 0. The van der Waals surface area contributed by atoms with Crippen molar-refractivity contribution < 1.29 is 4.79 Å². The first-order valence-electron chi connectivity index (χ1n) is 8.28. The summed E-state index contributed by atoms with van der Waals surface area (Å²) in [5.41, 5.74) is 1.33. The molecule has 0 N–H and O–H groups in total. The van der Waals surface area contributed by atoms with Crippen LogP contribution in [0.15, 0.2) is 12.4 Å². The van der Waals surface area contributed by atoms with E-state index in [1.54, 1.807) is 6.92 Å². The van der Waals surface area contributed by atoms with E-state index in [4.69, 9.17) is 0 Å². The number of carbonyl (C=O) groups excluding carboxylic acids is 1. The molecule has 21 heavy (non-hydrogen) atoms. The van der Waals surface area contributed by atoms with Gasteiger partial charge in [-0.05, 0) is 63.2 Å². The van der Waals surface area contributed by atoms with Crippen LogP contribution >= 0.6 is 0 Å². The lowest BCUT2D eigenvalue weighted by Gasteiger charge is -2.31. The average Bonchev–Trinajstić information content (AvgIpc) is 2.89. The third kappa shape index (κ3) is 5.27. The Morgan fingerprint density at radius 1 is 1.38 bits per heavy atom. The molecule has 1 saturated heterocycles. The summed E-state index contributed by atoms with van der Waals surface area (Å²) >= 11 is 0. The number of piperidine rings is 1. The number of hydrogen-bond acceptors (Lipinski definition) is 3. The van der Waals surface area contributed by atoms with Gasteiger partial charge < -0.3 is 9.69 Å². The van der Waals surface area contributed by atoms with E-state index in [0.717, 1.165) is 31.8 Å². The van der Waals surface area contributed by atoms with Gasteiger partial charge >= 0.3 is 0 Å². The molecule has 0 bridgehead atoms. The van der Waals surface area contributed by atoms with Gasteiger partial charge in [-0.1, -0.05) is 13.8 Å².